The summed E-state index contributed by atoms with van der Waals surface area (Å²) >= 11 is 0. The number of nitrogens with one attached hydrogen (secondary N) is 1. The van der Waals surface area contributed by atoms with Gasteiger partial charge in [0.1, 0.15) is 0 Å². The maximum absolute atomic E-state index is 5.37. The minimum Gasteiger partial charge on any atom is -0.379 e. The molecule has 0 saturated carbocycles. The van der Waals surface area contributed by atoms with Gasteiger partial charge in [-0.2, -0.15) is 0 Å². The van der Waals surface area contributed by atoms with Crippen molar-refractivity contribution in [3.63, 3.8) is 0 Å². The summed E-state index contributed by atoms with van der Waals surface area (Å²) in [7, 11) is 0. The molecule has 0 aromatic carbocycles. The lowest BCUT2D eigenvalue weighted by Crippen LogP contribution is -2.51. The Bertz CT molecular complexity index is 251. The minimum atomic E-state index is 0.332. The maximum Gasteiger partial charge on any atom is 0.0594 e. The highest BCUT2D eigenvalue weighted by atomic mass is 16.5. The van der Waals surface area contributed by atoms with Crippen LogP contribution in [0.4, 0.5) is 0 Å². The standard InChI is InChI=1S/C15H31N3O/c1-15(2,3)18-7-4-14(5-8-18)16-6-9-17-10-12-19-13-11-17/h14,16H,4-13H2,1-3H3. The topological polar surface area (TPSA) is 27.7 Å². The molecule has 0 unspecified atom stereocenters. The molecule has 0 amide bonds. The molecule has 2 rings (SSSR count). The third-order valence-electron chi connectivity index (χ3n) is 4.41. The van der Waals surface area contributed by atoms with Crippen LogP contribution in [0.5, 0.6) is 0 Å². The van der Waals surface area contributed by atoms with Gasteiger partial charge in [0.05, 0.1) is 13.2 Å². The summed E-state index contributed by atoms with van der Waals surface area (Å²) in [4.78, 5) is 5.11. The van der Waals surface area contributed by atoms with E-state index in [9.17, 15) is 0 Å². The molecule has 4 nitrogen and oxygen atoms in total. The van der Waals surface area contributed by atoms with Crippen LogP contribution in [-0.4, -0.2) is 73.9 Å². The van der Waals surface area contributed by atoms with E-state index >= 15 is 0 Å². The van der Waals surface area contributed by atoms with Crippen LogP contribution in [0.15, 0.2) is 0 Å². The van der Waals surface area contributed by atoms with Gasteiger partial charge in [0, 0.05) is 50.8 Å². The SMILES string of the molecule is CC(C)(C)N1CCC(NCCN2CCOCC2)CC1. The number of hydrogen-bond acceptors (Lipinski definition) is 4. The van der Waals surface area contributed by atoms with Gasteiger partial charge in [-0.05, 0) is 33.6 Å². The lowest BCUT2D eigenvalue weighted by atomic mass is 9.98. The van der Waals surface area contributed by atoms with Gasteiger partial charge >= 0.3 is 0 Å². The second kappa shape index (κ2) is 7.02. The average molecular weight is 269 g/mol. The van der Waals surface area contributed by atoms with Crippen LogP contribution in [0.2, 0.25) is 0 Å². The van der Waals surface area contributed by atoms with E-state index in [4.69, 9.17) is 4.74 Å². The van der Waals surface area contributed by atoms with E-state index in [-0.39, 0.29) is 0 Å². The first kappa shape index (κ1) is 15.2. The van der Waals surface area contributed by atoms with Gasteiger partial charge in [0.25, 0.3) is 0 Å². The van der Waals surface area contributed by atoms with Crippen LogP contribution >= 0.6 is 0 Å². The number of morpholine rings is 1. The predicted octanol–water partition coefficient (Wildman–Crippen LogP) is 1.17. The summed E-state index contributed by atoms with van der Waals surface area (Å²) in [5.74, 6) is 0. The van der Waals surface area contributed by atoms with Crippen molar-refractivity contribution < 1.29 is 4.74 Å². The molecule has 4 heteroatoms. The Kier molecular flexibility index (Phi) is 5.63. The van der Waals surface area contributed by atoms with E-state index in [1.165, 1.54) is 32.5 Å². The van der Waals surface area contributed by atoms with Crippen molar-refractivity contribution in [2.75, 3.05) is 52.5 Å². The van der Waals surface area contributed by atoms with E-state index in [1.807, 2.05) is 0 Å². The van der Waals surface area contributed by atoms with E-state index in [1.54, 1.807) is 0 Å². The second-order valence-corrected chi connectivity index (χ2v) is 6.84. The van der Waals surface area contributed by atoms with Crippen LogP contribution < -0.4 is 5.32 Å². The van der Waals surface area contributed by atoms with Gasteiger partial charge < -0.3 is 10.1 Å². The van der Waals surface area contributed by atoms with E-state index in [2.05, 4.69) is 35.9 Å². The van der Waals surface area contributed by atoms with Crippen molar-refractivity contribution >= 4 is 0 Å². The quantitative estimate of drug-likeness (QED) is 0.829. The zero-order chi connectivity index (χ0) is 13.7. The van der Waals surface area contributed by atoms with E-state index in [0.29, 0.717) is 5.54 Å². The summed E-state index contributed by atoms with van der Waals surface area (Å²) in [6.07, 6.45) is 2.58. The fourth-order valence-corrected chi connectivity index (χ4v) is 3.01. The van der Waals surface area contributed by atoms with Gasteiger partial charge in [-0.25, -0.2) is 0 Å². The van der Waals surface area contributed by atoms with Gasteiger partial charge in [0.2, 0.25) is 0 Å². The van der Waals surface area contributed by atoms with E-state index < -0.39 is 0 Å². The number of likely N-dealkylation sites (tertiary alicyclic amines) is 1. The average Bonchev–Trinajstić information content (AvgIpc) is 2.39. The van der Waals surface area contributed by atoms with Crippen LogP contribution in [-0.2, 0) is 4.74 Å². The van der Waals surface area contributed by atoms with Crippen molar-refractivity contribution in [1.82, 2.24) is 15.1 Å². The largest absolute Gasteiger partial charge is 0.379 e. The third kappa shape index (κ3) is 5.03. The molecule has 0 spiro atoms. The molecule has 0 aromatic heterocycles. The fourth-order valence-electron chi connectivity index (χ4n) is 3.01. The number of rotatable bonds is 4. The van der Waals surface area contributed by atoms with Crippen molar-refractivity contribution in [2.45, 2.75) is 45.2 Å². The Labute approximate surface area is 118 Å². The molecule has 1 N–H and O–H groups in total. The number of ether oxygens (including phenoxy) is 1. The Hall–Kier alpha value is -0.160. The van der Waals surface area contributed by atoms with Gasteiger partial charge in [0.15, 0.2) is 0 Å². The Morgan fingerprint density at radius 1 is 1.05 bits per heavy atom. The lowest BCUT2D eigenvalue weighted by Gasteiger charge is -2.41. The molecule has 0 aromatic rings. The van der Waals surface area contributed by atoms with E-state index in [0.717, 1.165) is 38.9 Å². The first-order valence-corrected chi connectivity index (χ1v) is 7.84. The van der Waals surface area contributed by atoms with Crippen LogP contribution in [0.3, 0.4) is 0 Å². The normalized spacial score (nSPS) is 24.8. The molecule has 2 heterocycles. The zero-order valence-electron chi connectivity index (χ0n) is 13.0. The zero-order valence-corrected chi connectivity index (χ0v) is 13.0. The van der Waals surface area contributed by atoms with Crippen molar-refractivity contribution in [1.29, 1.82) is 0 Å². The van der Waals surface area contributed by atoms with Gasteiger partial charge in [-0.3, -0.25) is 9.80 Å². The number of hydrogen-bond donors (Lipinski definition) is 1. The summed E-state index contributed by atoms with van der Waals surface area (Å²) in [6.45, 7) is 15.7. The fraction of sp³-hybridized carbons (Fsp3) is 1.00. The summed E-state index contributed by atoms with van der Waals surface area (Å²) in [5.41, 5.74) is 0.332. The Morgan fingerprint density at radius 3 is 2.26 bits per heavy atom. The third-order valence-corrected chi connectivity index (χ3v) is 4.41. The summed E-state index contributed by atoms with van der Waals surface area (Å²) in [5, 5.41) is 3.73. The first-order chi connectivity index (χ1) is 9.05. The predicted molar refractivity (Wildman–Crippen MR) is 79.6 cm³/mol. The molecule has 19 heavy (non-hydrogen) atoms. The highest BCUT2D eigenvalue weighted by molar-refractivity contribution is 4.84. The molecule has 0 aliphatic carbocycles. The molecule has 0 radical (unpaired) electrons. The van der Waals surface area contributed by atoms with Gasteiger partial charge in [-0.1, -0.05) is 0 Å². The molecule has 0 bridgehead atoms. The Balaban J connectivity index is 1.58. The smallest absolute Gasteiger partial charge is 0.0594 e. The summed E-state index contributed by atoms with van der Waals surface area (Å²) in [6, 6.07) is 0.722. The summed E-state index contributed by atoms with van der Waals surface area (Å²) < 4.78 is 5.37. The first-order valence-electron chi connectivity index (χ1n) is 7.84. The molecule has 2 fully saturated rings. The monoisotopic (exact) mass is 269 g/mol. The van der Waals surface area contributed by atoms with Gasteiger partial charge in [-0.15, -0.1) is 0 Å². The van der Waals surface area contributed by atoms with Crippen LogP contribution in [0.25, 0.3) is 0 Å². The highest BCUT2D eigenvalue weighted by Crippen LogP contribution is 2.19. The van der Waals surface area contributed by atoms with Crippen molar-refractivity contribution in [3.05, 3.63) is 0 Å². The maximum atomic E-state index is 5.37. The minimum absolute atomic E-state index is 0.332. The number of nitrogens with zero attached hydrogens (tertiary/aromatic N) is 2. The van der Waals surface area contributed by atoms with Crippen LogP contribution in [0.1, 0.15) is 33.6 Å². The lowest BCUT2D eigenvalue weighted by molar-refractivity contribution is 0.0373. The molecule has 0 atom stereocenters. The number of piperidine rings is 1. The second-order valence-electron chi connectivity index (χ2n) is 6.84. The molecule has 2 aliphatic heterocycles. The highest BCUT2D eigenvalue weighted by Gasteiger charge is 2.26. The molecule has 2 saturated heterocycles. The molecular formula is C15H31N3O. The molecule has 112 valence electrons. The Morgan fingerprint density at radius 2 is 1.68 bits per heavy atom. The van der Waals surface area contributed by atoms with Crippen molar-refractivity contribution in [3.8, 4) is 0 Å². The van der Waals surface area contributed by atoms with Crippen LogP contribution in [0, 0.1) is 0 Å². The van der Waals surface area contributed by atoms with Crippen molar-refractivity contribution in [2.24, 2.45) is 0 Å². The molecule has 2 aliphatic rings. The molecular weight excluding hydrogens is 238 g/mol.